The smallest absolute Gasteiger partial charge is 0.144 e. The molecule has 1 atom stereocenters. The molecule has 0 aromatic heterocycles. The summed E-state index contributed by atoms with van der Waals surface area (Å²) in [6.07, 6.45) is -0.581. The fourth-order valence-electron chi connectivity index (χ4n) is 4.75. The molecular weight excluding hydrogens is 438 g/mol. The van der Waals surface area contributed by atoms with Crippen LogP contribution in [0.4, 0.5) is 0 Å². The second kappa shape index (κ2) is 11.0. The molecular formula is C29H33N3O3. The number of rotatable bonds is 9. The summed E-state index contributed by atoms with van der Waals surface area (Å²) in [4.78, 5) is 10.3. The van der Waals surface area contributed by atoms with Crippen LogP contribution in [0.3, 0.4) is 0 Å². The van der Waals surface area contributed by atoms with Gasteiger partial charge in [-0.2, -0.15) is 0 Å². The van der Waals surface area contributed by atoms with Crippen molar-refractivity contribution in [2.75, 3.05) is 52.5 Å². The fraction of sp³-hybridized carbons (Fsp3) is 0.345. The van der Waals surface area contributed by atoms with Gasteiger partial charge in [-0.1, -0.05) is 71.4 Å². The molecule has 1 fully saturated rings. The average molecular weight is 472 g/mol. The third-order valence-electron chi connectivity index (χ3n) is 6.71. The molecule has 1 aliphatic heterocycles. The van der Waals surface area contributed by atoms with Crippen molar-refractivity contribution in [3.63, 3.8) is 0 Å². The Kier molecular flexibility index (Phi) is 7.42. The van der Waals surface area contributed by atoms with E-state index in [1.807, 2.05) is 36.4 Å². The molecule has 6 heteroatoms. The quantitative estimate of drug-likeness (QED) is 0.376. The van der Waals surface area contributed by atoms with Gasteiger partial charge in [0.05, 0.1) is 0 Å². The molecule has 3 aromatic carbocycles. The number of hydrogen-bond acceptors (Lipinski definition) is 6. The highest BCUT2D eigenvalue weighted by atomic mass is 16.6. The number of oxime groups is 1. The Bertz CT molecular complexity index is 1110. The minimum atomic E-state index is -0.581. The van der Waals surface area contributed by atoms with Crippen molar-refractivity contribution in [1.82, 2.24) is 9.80 Å². The first-order valence-electron chi connectivity index (χ1n) is 12.4. The van der Waals surface area contributed by atoms with Gasteiger partial charge in [0.25, 0.3) is 0 Å². The molecule has 1 N–H and O–H groups in total. The Morgan fingerprint density at radius 2 is 1.37 bits per heavy atom. The van der Waals surface area contributed by atoms with Crippen LogP contribution >= 0.6 is 0 Å². The molecule has 0 saturated carbocycles. The summed E-state index contributed by atoms with van der Waals surface area (Å²) in [6.45, 7) is 8.24. The normalized spacial score (nSPS) is 16.5. The molecule has 0 spiro atoms. The number of fused-ring (bicyclic) bond motifs is 3. The van der Waals surface area contributed by atoms with Gasteiger partial charge >= 0.3 is 0 Å². The monoisotopic (exact) mass is 471 g/mol. The minimum Gasteiger partial charge on any atom is -0.492 e. The Morgan fingerprint density at radius 3 is 2.00 bits per heavy atom. The summed E-state index contributed by atoms with van der Waals surface area (Å²) in [5, 5.41) is 15.0. The number of aryl methyl sites for hydroxylation is 1. The molecule has 0 unspecified atom stereocenters. The van der Waals surface area contributed by atoms with E-state index in [4.69, 9.17) is 9.57 Å². The fourth-order valence-corrected chi connectivity index (χ4v) is 4.75. The second-order valence-electron chi connectivity index (χ2n) is 9.28. The SMILES string of the molecule is Cc1ccc(OCCN2CCN(C[C@H](O)CON=C3c4ccccc4-c4ccccc43)CC2)cc1. The third-order valence-corrected chi connectivity index (χ3v) is 6.71. The molecule has 1 heterocycles. The highest BCUT2D eigenvalue weighted by Gasteiger charge is 2.25. The number of piperazine rings is 1. The van der Waals surface area contributed by atoms with Crippen LogP contribution in [0.5, 0.6) is 5.75 Å². The Morgan fingerprint density at radius 1 is 0.800 bits per heavy atom. The van der Waals surface area contributed by atoms with Crippen molar-refractivity contribution in [3.8, 4) is 16.9 Å². The van der Waals surface area contributed by atoms with Crippen molar-refractivity contribution in [3.05, 3.63) is 89.5 Å². The number of ether oxygens (including phenoxy) is 1. The zero-order valence-corrected chi connectivity index (χ0v) is 20.3. The van der Waals surface area contributed by atoms with E-state index in [0.717, 1.165) is 55.3 Å². The van der Waals surface area contributed by atoms with Crippen LogP contribution in [0.2, 0.25) is 0 Å². The maximum absolute atomic E-state index is 10.5. The highest BCUT2D eigenvalue weighted by Crippen LogP contribution is 2.36. The number of aliphatic hydroxyl groups excluding tert-OH is 1. The van der Waals surface area contributed by atoms with Crippen LogP contribution in [-0.2, 0) is 4.84 Å². The molecule has 182 valence electrons. The van der Waals surface area contributed by atoms with Crippen molar-refractivity contribution < 1.29 is 14.7 Å². The van der Waals surface area contributed by atoms with Gasteiger partial charge in [-0.3, -0.25) is 9.80 Å². The van der Waals surface area contributed by atoms with Gasteiger partial charge in [0.1, 0.15) is 30.8 Å². The van der Waals surface area contributed by atoms with Gasteiger partial charge in [-0.05, 0) is 30.2 Å². The summed E-state index contributed by atoms with van der Waals surface area (Å²) in [5.74, 6) is 0.922. The van der Waals surface area contributed by atoms with Crippen molar-refractivity contribution in [2.24, 2.45) is 5.16 Å². The van der Waals surface area contributed by atoms with Crippen LogP contribution in [0, 0.1) is 6.92 Å². The van der Waals surface area contributed by atoms with Gasteiger partial charge in [0, 0.05) is 50.4 Å². The van der Waals surface area contributed by atoms with Crippen molar-refractivity contribution >= 4 is 5.71 Å². The molecule has 2 aliphatic rings. The van der Waals surface area contributed by atoms with Gasteiger partial charge in [-0.25, -0.2) is 0 Å². The first-order chi connectivity index (χ1) is 17.2. The predicted molar refractivity (Wildman–Crippen MR) is 139 cm³/mol. The van der Waals surface area contributed by atoms with E-state index < -0.39 is 6.10 Å². The lowest BCUT2D eigenvalue weighted by Crippen LogP contribution is -2.49. The maximum Gasteiger partial charge on any atom is 0.144 e. The van der Waals surface area contributed by atoms with Gasteiger partial charge in [-0.15, -0.1) is 0 Å². The van der Waals surface area contributed by atoms with Crippen molar-refractivity contribution in [1.29, 1.82) is 0 Å². The number of hydrogen-bond donors (Lipinski definition) is 1. The second-order valence-corrected chi connectivity index (χ2v) is 9.28. The third kappa shape index (κ3) is 5.73. The van der Waals surface area contributed by atoms with E-state index in [0.29, 0.717) is 13.2 Å². The zero-order valence-electron chi connectivity index (χ0n) is 20.3. The van der Waals surface area contributed by atoms with Crippen LogP contribution < -0.4 is 4.74 Å². The maximum atomic E-state index is 10.5. The molecule has 6 nitrogen and oxygen atoms in total. The molecule has 0 radical (unpaired) electrons. The predicted octanol–water partition coefficient (Wildman–Crippen LogP) is 3.80. The number of β-amino-alcohol motifs (C(OH)–C–C–N with tert-alkyl or cyclic N) is 1. The minimum absolute atomic E-state index is 0.179. The highest BCUT2D eigenvalue weighted by molar-refractivity contribution is 6.24. The number of benzene rings is 3. The van der Waals surface area contributed by atoms with Gasteiger partial charge in [0.15, 0.2) is 0 Å². The molecule has 0 bridgehead atoms. The van der Waals surface area contributed by atoms with E-state index in [2.05, 4.69) is 58.3 Å². The summed E-state index contributed by atoms with van der Waals surface area (Å²) in [5.41, 5.74) is 6.57. The lowest BCUT2D eigenvalue weighted by Gasteiger charge is -2.35. The first-order valence-corrected chi connectivity index (χ1v) is 12.4. The summed E-state index contributed by atoms with van der Waals surface area (Å²) < 4.78 is 5.86. The van der Waals surface area contributed by atoms with Crippen LogP contribution in [0.15, 0.2) is 78.0 Å². The van der Waals surface area contributed by atoms with Crippen LogP contribution in [0.1, 0.15) is 16.7 Å². The summed E-state index contributed by atoms with van der Waals surface area (Å²) in [7, 11) is 0. The first kappa shape index (κ1) is 23.5. The Labute approximate surface area is 207 Å². The van der Waals surface area contributed by atoms with E-state index in [-0.39, 0.29) is 6.61 Å². The molecule has 0 amide bonds. The lowest BCUT2D eigenvalue weighted by molar-refractivity contribution is 0.00826. The molecule has 5 rings (SSSR count). The zero-order chi connectivity index (χ0) is 24.0. The van der Waals surface area contributed by atoms with Gasteiger partial charge in [0.2, 0.25) is 0 Å². The largest absolute Gasteiger partial charge is 0.492 e. The Balaban J connectivity index is 1.05. The number of aliphatic hydroxyl groups is 1. The summed E-state index contributed by atoms with van der Waals surface area (Å²) in [6, 6.07) is 24.7. The molecule has 35 heavy (non-hydrogen) atoms. The topological polar surface area (TPSA) is 57.5 Å². The summed E-state index contributed by atoms with van der Waals surface area (Å²) >= 11 is 0. The standard InChI is InChI=1S/C29H33N3O3/c1-22-10-12-24(13-11-22)34-19-18-31-14-16-32(17-15-31)20-23(33)21-35-30-29-27-8-4-2-6-25(27)26-7-3-5-9-28(26)29/h2-13,23,33H,14-21H2,1H3/t23-/m0/s1. The van der Waals surface area contributed by atoms with Crippen LogP contribution in [-0.4, -0.2) is 79.2 Å². The molecule has 1 aliphatic carbocycles. The molecule has 3 aromatic rings. The van der Waals surface area contributed by atoms with E-state index in [1.165, 1.54) is 16.7 Å². The van der Waals surface area contributed by atoms with E-state index >= 15 is 0 Å². The van der Waals surface area contributed by atoms with Crippen LogP contribution in [0.25, 0.3) is 11.1 Å². The number of nitrogens with zero attached hydrogens (tertiary/aromatic N) is 3. The van der Waals surface area contributed by atoms with Gasteiger partial charge < -0.3 is 14.7 Å². The lowest BCUT2D eigenvalue weighted by atomic mass is 10.1. The average Bonchev–Trinajstić information content (AvgIpc) is 3.20. The molecule has 1 saturated heterocycles. The van der Waals surface area contributed by atoms with Crippen molar-refractivity contribution in [2.45, 2.75) is 13.0 Å². The Hall–Kier alpha value is -3.19. The van der Waals surface area contributed by atoms with E-state index in [1.54, 1.807) is 0 Å². The van der Waals surface area contributed by atoms with E-state index in [9.17, 15) is 5.11 Å².